The van der Waals surface area contributed by atoms with Crippen molar-refractivity contribution in [2.24, 2.45) is 11.7 Å². The van der Waals surface area contributed by atoms with E-state index in [4.69, 9.17) is 5.73 Å². The molecule has 2 atom stereocenters. The number of carbonyl (C=O) groups is 1. The first kappa shape index (κ1) is 15.0. The largest absolute Gasteiger partial charge is 0.337 e. The molecule has 0 spiro atoms. The second-order valence-electron chi connectivity index (χ2n) is 7.01. The van der Waals surface area contributed by atoms with Gasteiger partial charge in [0.05, 0.1) is 0 Å². The van der Waals surface area contributed by atoms with Crippen molar-refractivity contribution >= 4 is 5.91 Å². The van der Waals surface area contributed by atoms with Crippen LogP contribution in [0.25, 0.3) is 0 Å². The minimum absolute atomic E-state index is 0.0987. The summed E-state index contributed by atoms with van der Waals surface area (Å²) < 4.78 is 0. The summed E-state index contributed by atoms with van der Waals surface area (Å²) in [5, 5.41) is 0. The Kier molecular flexibility index (Phi) is 4.19. The van der Waals surface area contributed by atoms with Crippen LogP contribution in [0.5, 0.6) is 0 Å². The minimum atomic E-state index is 0.0987. The van der Waals surface area contributed by atoms with Crippen molar-refractivity contribution in [2.75, 3.05) is 13.1 Å². The Bertz CT molecular complexity index is 473. The lowest BCUT2D eigenvalue weighted by Crippen LogP contribution is -2.49. The van der Waals surface area contributed by atoms with Crippen molar-refractivity contribution in [1.82, 2.24) is 4.90 Å². The molecule has 1 aliphatic rings. The lowest BCUT2D eigenvalue weighted by molar-refractivity contribution is 0.0672. The van der Waals surface area contributed by atoms with Crippen molar-refractivity contribution in [3.8, 4) is 0 Å². The minimum Gasteiger partial charge on any atom is -0.337 e. The van der Waals surface area contributed by atoms with Gasteiger partial charge in [-0.3, -0.25) is 4.79 Å². The molecule has 3 nitrogen and oxygen atoms in total. The SMILES string of the molecule is CC1CCN(C(=O)c2ccc(C(C)(C)C)cc2)CC1N. The molecule has 110 valence electrons. The van der Waals surface area contributed by atoms with Crippen LogP contribution >= 0.6 is 0 Å². The van der Waals surface area contributed by atoms with Crippen molar-refractivity contribution in [1.29, 1.82) is 0 Å². The number of hydrogen-bond acceptors (Lipinski definition) is 2. The van der Waals surface area contributed by atoms with Gasteiger partial charge in [-0.15, -0.1) is 0 Å². The maximum atomic E-state index is 12.5. The van der Waals surface area contributed by atoms with Crippen molar-refractivity contribution in [2.45, 2.75) is 45.6 Å². The van der Waals surface area contributed by atoms with Crippen LogP contribution in [-0.2, 0) is 5.41 Å². The van der Waals surface area contributed by atoms with Gasteiger partial charge in [-0.25, -0.2) is 0 Å². The number of benzene rings is 1. The van der Waals surface area contributed by atoms with E-state index in [1.54, 1.807) is 0 Å². The molecule has 0 radical (unpaired) electrons. The van der Waals surface area contributed by atoms with E-state index < -0.39 is 0 Å². The average Bonchev–Trinajstić information content (AvgIpc) is 2.40. The fourth-order valence-electron chi connectivity index (χ4n) is 2.58. The normalized spacial score (nSPS) is 23.8. The van der Waals surface area contributed by atoms with Crippen LogP contribution in [0.15, 0.2) is 24.3 Å². The Balaban J connectivity index is 2.10. The van der Waals surface area contributed by atoms with Gasteiger partial charge in [-0.05, 0) is 35.4 Å². The highest BCUT2D eigenvalue weighted by Crippen LogP contribution is 2.23. The molecule has 1 saturated heterocycles. The summed E-state index contributed by atoms with van der Waals surface area (Å²) >= 11 is 0. The predicted octanol–water partition coefficient (Wildman–Crippen LogP) is 2.79. The molecule has 20 heavy (non-hydrogen) atoms. The van der Waals surface area contributed by atoms with Crippen LogP contribution in [-0.4, -0.2) is 29.9 Å². The highest BCUT2D eigenvalue weighted by molar-refractivity contribution is 5.94. The van der Waals surface area contributed by atoms with Gasteiger partial charge < -0.3 is 10.6 Å². The van der Waals surface area contributed by atoms with E-state index >= 15 is 0 Å². The van der Waals surface area contributed by atoms with E-state index in [-0.39, 0.29) is 17.4 Å². The standard InChI is InChI=1S/C17H26N2O/c1-12-9-10-19(11-15(12)18)16(20)13-5-7-14(8-6-13)17(2,3)4/h5-8,12,15H,9-11,18H2,1-4H3. The molecular weight excluding hydrogens is 248 g/mol. The fourth-order valence-corrected chi connectivity index (χ4v) is 2.58. The number of carbonyl (C=O) groups excluding carboxylic acids is 1. The molecule has 1 heterocycles. The quantitative estimate of drug-likeness (QED) is 0.856. The molecule has 0 aliphatic carbocycles. The molecule has 1 aliphatic heterocycles. The summed E-state index contributed by atoms with van der Waals surface area (Å²) in [7, 11) is 0. The lowest BCUT2D eigenvalue weighted by Gasteiger charge is -2.35. The van der Waals surface area contributed by atoms with E-state index in [0.29, 0.717) is 12.5 Å². The molecule has 2 rings (SSSR count). The lowest BCUT2D eigenvalue weighted by atomic mass is 9.86. The van der Waals surface area contributed by atoms with Crippen LogP contribution in [0.4, 0.5) is 0 Å². The van der Waals surface area contributed by atoms with E-state index in [2.05, 4.69) is 39.8 Å². The summed E-state index contributed by atoms with van der Waals surface area (Å²) in [4.78, 5) is 14.4. The summed E-state index contributed by atoms with van der Waals surface area (Å²) in [6.07, 6.45) is 0.993. The molecule has 1 aromatic carbocycles. The first-order valence-corrected chi connectivity index (χ1v) is 7.44. The molecule has 0 saturated carbocycles. The number of nitrogens with zero attached hydrogens (tertiary/aromatic N) is 1. The predicted molar refractivity (Wildman–Crippen MR) is 82.8 cm³/mol. The summed E-state index contributed by atoms with van der Waals surface area (Å²) in [6.45, 7) is 10.2. The Morgan fingerprint density at radius 3 is 2.35 bits per heavy atom. The zero-order valence-electron chi connectivity index (χ0n) is 13.0. The van der Waals surface area contributed by atoms with Crippen LogP contribution in [0.2, 0.25) is 0 Å². The molecule has 0 aromatic heterocycles. The number of nitrogens with two attached hydrogens (primary N) is 1. The van der Waals surface area contributed by atoms with Crippen LogP contribution in [0.3, 0.4) is 0 Å². The number of likely N-dealkylation sites (tertiary alicyclic amines) is 1. The molecule has 0 bridgehead atoms. The Labute approximate surface area is 122 Å². The number of hydrogen-bond donors (Lipinski definition) is 1. The van der Waals surface area contributed by atoms with Gasteiger partial charge in [0.25, 0.3) is 5.91 Å². The molecule has 2 unspecified atom stereocenters. The summed E-state index contributed by atoms with van der Waals surface area (Å²) in [6, 6.07) is 8.08. The molecule has 1 aromatic rings. The van der Waals surface area contributed by atoms with Gasteiger partial charge in [0.15, 0.2) is 0 Å². The van der Waals surface area contributed by atoms with Crippen LogP contribution in [0, 0.1) is 5.92 Å². The highest BCUT2D eigenvalue weighted by atomic mass is 16.2. The van der Waals surface area contributed by atoms with Gasteiger partial charge >= 0.3 is 0 Å². The first-order valence-electron chi connectivity index (χ1n) is 7.44. The maximum Gasteiger partial charge on any atom is 0.253 e. The van der Waals surface area contributed by atoms with Gasteiger partial charge in [0.2, 0.25) is 0 Å². The molecule has 1 fully saturated rings. The van der Waals surface area contributed by atoms with Gasteiger partial charge in [0, 0.05) is 24.7 Å². The van der Waals surface area contributed by atoms with Crippen molar-refractivity contribution < 1.29 is 4.79 Å². The van der Waals surface area contributed by atoms with E-state index in [1.165, 1.54) is 5.56 Å². The molecule has 3 heteroatoms. The fraction of sp³-hybridized carbons (Fsp3) is 0.588. The number of rotatable bonds is 1. The third-order valence-corrected chi connectivity index (χ3v) is 4.30. The third-order valence-electron chi connectivity index (χ3n) is 4.30. The summed E-state index contributed by atoms with van der Waals surface area (Å²) in [5.74, 6) is 0.607. The maximum absolute atomic E-state index is 12.5. The van der Waals surface area contributed by atoms with Crippen molar-refractivity contribution in [3.05, 3.63) is 35.4 Å². The highest BCUT2D eigenvalue weighted by Gasteiger charge is 2.27. The zero-order chi connectivity index (χ0) is 14.9. The smallest absolute Gasteiger partial charge is 0.253 e. The Morgan fingerprint density at radius 2 is 1.85 bits per heavy atom. The van der Waals surface area contributed by atoms with Crippen LogP contribution in [0.1, 0.15) is 50.0 Å². The zero-order valence-corrected chi connectivity index (χ0v) is 13.0. The molecular formula is C17H26N2O. The summed E-state index contributed by atoms with van der Waals surface area (Å²) in [5.41, 5.74) is 8.20. The van der Waals surface area contributed by atoms with Gasteiger partial charge in [-0.2, -0.15) is 0 Å². The first-order chi connectivity index (χ1) is 9.29. The van der Waals surface area contributed by atoms with E-state index in [9.17, 15) is 4.79 Å². The van der Waals surface area contributed by atoms with Gasteiger partial charge in [-0.1, -0.05) is 39.8 Å². The van der Waals surface area contributed by atoms with Crippen LogP contribution < -0.4 is 5.73 Å². The van der Waals surface area contributed by atoms with E-state index in [0.717, 1.165) is 18.5 Å². The second kappa shape index (κ2) is 5.57. The molecule has 2 N–H and O–H groups in total. The third kappa shape index (κ3) is 3.21. The van der Waals surface area contributed by atoms with E-state index in [1.807, 2.05) is 17.0 Å². The number of piperidine rings is 1. The van der Waals surface area contributed by atoms with Gasteiger partial charge in [0.1, 0.15) is 0 Å². The topological polar surface area (TPSA) is 46.3 Å². The Hall–Kier alpha value is -1.35. The van der Waals surface area contributed by atoms with Crippen molar-refractivity contribution in [3.63, 3.8) is 0 Å². The number of amides is 1. The average molecular weight is 274 g/mol. The second-order valence-corrected chi connectivity index (χ2v) is 7.01. The monoisotopic (exact) mass is 274 g/mol. The molecule has 1 amide bonds. The Morgan fingerprint density at radius 1 is 1.25 bits per heavy atom.